The molecule has 0 fully saturated rings. The molecule has 1 radical (unpaired) electrons. The summed E-state index contributed by atoms with van der Waals surface area (Å²) < 4.78 is 0. The van der Waals surface area contributed by atoms with Gasteiger partial charge in [0.15, 0.2) is 0 Å². The zero-order valence-electron chi connectivity index (χ0n) is 24.5. The highest BCUT2D eigenvalue weighted by Gasteiger charge is 2.02. The number of hydrogen-bond acceptors (Lipinski definition) is 0. The molecule has 0 heteroatoms. The predicted molar refractivity (Wildman–Crippen MR) is 159 cm³/mol. The third-order valence-electron chi connectivity index (χ3n) is 7.93. The molecule has 0 aliphatic heterocycles. The Hall–Kier alpha value is 0. The summed E-state index contributed by atoms with van der Waals surface area (Å²) in [6.07, 6.45) is 43.6. The average Bonchev–Trinajstić information content (AvgIpc) is 2.84. The Morgan fingerprint density at radius 2 is 0.471 bits per heavy atom. The predicted octanol–water partition coefficient (Wildman–Crippen LogP) is 13.2. The first-order valence-corrected chi connectivity index (χ1v) is 16.6. The second-order valence-corrected chi connectivity index (χ2v) is 11.6. The molecule has 0 unspecified atom stereocenters. The van der Waals surface area contributed by atoms with Gasteiger partial charge in [-0.3, -0.25) is 0 Å². The van der Waals surface area contributed by atoms with Crippen LogP contribution in [-0.4, -0.2) is 0 Å². The number of rotatable bonds is 30. The van der Waals surface area contributed by atoms with E-state index in [9.17, 15) is 0 Å². The first-order chi connectivity index (χ1) is 16.8. The first-order valence-electron chi connectivity index (χ1n) is 16.6. The van der Waals surface area contributed by atoms with E-state index in [0.717, 1.165) is 5.92 Å². The van der Waals surface area contributed by atoms with E-state index in [1.54, 1.807) is 0 Å². The van der Waals surface area contributed by atoms with Gasteiger partial charge in [0.05, 0.1) is 0 Å². The zero-order chi connectivity index (χ0) is 24.8. The first kappa shape index (κ1) is 34.0. The van der Waals surface area contributed by atoms with Crippen LogP contribution in [0.3, 0.4) is 0 Å². The molecule has 34 heavy (non-hydrogen) atoms. The van der Waals surface area contributed by atoms with Crippen LogP contribution < -0.4 is 0 Å². The molecule has 0 spiro atoms. The lowest BCUT2D eigenvalue weighted by molar-refractivity contribution is 0.459. The normalized spacial score (nSPS) is 11.6. The fourth-order valence-electron chi connectivity index (χ4n) is 5.40. The van der Waals surface area contributed by atoms with Crippen molar-refractivity contribution in [1.82, 2.24) is 0 Å². The molecule has 0 aliphatic carbocycles. The molecule has 0 aromatic heterocycles. The molecule has 0 aromatic rings. The SMILES string of the molecule is [CH2]C(CCCCCCCCCCCCCCCC)CCCCCCCCCCCCCCCC. The maximum atomic E-state index is 4.44. The topological polar surface area (TPSA) is 0 Å². The minimum Gasteiger partial charge on any atom is -0.0654 e. The van der Waals surface area contributed by atoms with Gasteiger partial charge in [-0.25, -0.2) is 0 Å². The van der Waals surface area contributed by atoms with Crippen molar-refractivity contribution in [2.75, 3.05) is 0 Å². The average molecular weight is 478 g/mol. The minimum atomic E-state index is 0.717. The van der Waals surface area contributed by atoms with Crippen LogP contribution in [0.15, 0.2) is 0 Å². The summed E-state index contributed by atoms with van der Waals surface area (Å²) in [4.78, 5) is 0. The summed E-state index contributed by atoms with van der Waals surface area (Å²) in [5.74, 6) is 0.717. The Morgan fingerprint density at radius 1 is 0.294 bits per heavy atom. The van der Waals surface area contributed by atoms with E-state index in [0.29, 0.717) is 0 Å². The Kier molecular flexibility index (Phi) is 31.0. The van der Waals surface area contributed by atoms with E-state index in [2.05, 4.69) is 20.8 Å². The molecule has 0 saturated carbocycles. The smallest absolute Gasteiger partial charge is 0.0414 e. The van der Waals surface area contributed by atoms with Gasteiger partial charge in [-0.1, -0.05) is 213 Å². The van der Waals surface area contributed by atoms with Gasteiger partial charge in [-0.15, -0.1) is 0 Å². The van der Waals surface area contributed by atoms with Crippen molar-refractivity contribution in [3.63, 3.8) is 0 Å². The van der Waals surface area contributed by atoms with Crippen molar-refractivity contribution in [1.29, 1.82) is 0 Å². The zero-order valence-corrected chi connectivity index (χ0v) is 24.5. The molecule has 0 bridgehead atoms. The highest BCUT2D eigenvalue weighted by atomic mass is 14.1. The maximum Gasteiger partial charge on any atom is -0.0414 e. The maximum absolute atomic E-state index is 4.44. The van der Waals surface area contributed by atoms with E-state index in [1.807, 2.05) is 0 Å². The fraction of sp³-hybridized carbons (Fsp3) is 0.971. The van der Waals surface area contributed by atoms with Gasteiger partial charge in [0, 0.05) is 0 Å². The van der Waals surface area contributed by atoms with Gasteiger partial charge in [-0.2, -0.15) is 0 Å². The van der Waals surface area contributed by atoms with E-state index >= 15 is 0 Å². The molecule has 0 nitrogen and oxygen atoms in total. The van der Waals surface area contributed by atoms with Crippen LogP contribution in [0.1, 0.15) is 206 Å². The third-order valence-corrected chi connectivity index (χ3v) is 7.93. The Bertz CT molecular complexity index is 301. The van der Waals surface area contributed by atoms with Crippen molar-refractivity contribution in [2.45, 2.75) is 206 Å². The van der Waals surface area contributed by atoms with Crippen molar-refractivity contribution < 1.29 is 0 Å². The lowest BCUT2D eigenvalue weighted by Crippen LogP contribution is -1.95. The largest absolute Gasteiger partial charge is 0.0654 e. The van der Waals surface area contributed by atoms with Crippen LogP contribution in [-0.2, 0) is 0 Å². The second kappa shape index (κ2) is 31.0. The van der Waals surface area contributed by atoms with Gasteiger partial charge in [0.2, 0.25) is 0 Å². The Balaban J connectivity index is 3.13. The monoisotopic (exact) mass is 478 g/mol. The van der Waals surface area contributed by atoms with Crippen LogP contribution >= 0.6 is 0 Å². The van der Waals surface area contributed by atoms with Gasteiger partial charge in [0.1, 0.15) is 0 Å². The van der Waals surface area contributed by atoms with Gasteiger partial charge in [-0.05, 0) is 5.92 Å². The minimum absolute atomic E-state index is 0.717. The van der Waals surface area contributed by atoms with Gasteiger partial charge in [0.25, 0.3) is 0 Å². The van der Waals surface area contributed by atoms with Crippen molar-refractivity contribution in [3.8, 4) is 0 Å². The summed E-state index contributed by atoms with van der Waals surface area (Å²) in [7, 11) is 0. The lowest BCUT2D eigenvalue weighted by atomic mass is 9.95. The van der Waals surface area contributed by atoms with E-state index in [1.165, 1.54) is 193 Å². The van der Waals surface area contributed by atoms with Crippen molar-refractivity contribution >= 4 is 0 Å². The molecule has 0 saturated heterocycles. The summed E-state index contributed by atoms with van der Waals surface area (Å²) in [6.45, 7) is 9.05. The van der Waals surface area contributed by atoms with Crippen LogP contribution in [0.5, 0.6) is 0 Å². The quantitative estimate of drug-likeness (QED) is 0.0902. The molecule has 0 N–H and O–H groups in total. The van der Waals surface area contributed by atoms with Gasteiger partial charge < -0.3 is 0 Å². The van der Waals surface area contributed by atoms with Gasteiger partial charge >= 0.3 is 0 Å². The lowest BCUT2D eigenvalue weighted by Gasteiger charge is -2.11. The highest BCUT2D eigenvalue weighted by molar-refractivity contribution is 4.62. The van der Waals surface area contributed by atoms with Crippen LogP contribution in [0.2, 0.25) is 0 Å². The molecule has 0 aliphatic rings. The fourth-order valence-corrected chi connectivity index (χ4v) is 5.40. The second-order valence-electron chi connectivity index (χ2n) is 11.6. The summed E-state index contributed by atoms with van der Waals surface area (Å²) in [6, 6.07) is 0. The highest BCUT2D eigenvalue weighted by Crippen LogP contribution is 2.19. The van der Waals surface area contributed by atoms with Crippen LogP contribution in [0.4, 0.5) is 0 Å². The molecule has 0 rings (SSSR count). The summed E-state index contributed by atoms with van der Waals surface area (Å²) in [5.41, 5.74) is 0. The van der Waals surface area contributed by atoms with Crippen LogP contribution in [0.25, 0.3) is 0 Å². The van der Waals surface area contributed by atoms with Crippen molar-refractivity contribution in [3.05, 3.63) is 6.92 Å². The molecule has 0 heterocycles. The number of hydrogen-bond donors (Lipinski definition) is 0. The standard InChI is InChI=1S/C34H69/c1-4-6-8-10-12-14-16-18-20-22-24-26-28-30-32-34(3)33-31-29-27-25-23-21-19-17-15-13-11-9-7-5-2/h34H,3-33H2,1-2H3. The van der Waals surface area contributed by atoms with E-state index in [-0.39, 0.29) is 0 Å². The molecule has 0 amide bonds. The van der Waals surface area contributed by atoms with E-state index < -0.39 is 0 Å². The molecule has 0 aromatic carbocycles. The molecule has 205 valence electrons. The molecule has 0 atom stereocenters. The Morgan fingerprint density at radius 3 is 0.676 bits per heavy atom. The summed E-state index contributed by atoms with van der Waals surface area (Å²) >= 11 is 0. The van der Waals surface area contributed by atoms with Crippen LogP contribution in [0, 0.1) is 12.8 Å². The number of unbranched alkanes of at least 4 members (excludes halogenated alkanes) is 26. The van der Waals surface area contributed by atoms with E-state index in [4.69, 9.17) is 0 Å². The Labute approximate surface area is 219 Å². The van der Waals surface area contributed by atoms with Crippen molar-refractivity contribution in [2.24, 2.45) is 5.92 Å². The molecular formula is C34H69. The third kappa shape index (κ3) is 30.0. The summed E-state index contributed by atoms with van der Waals surface area (Å²) in [5, 5.41) is 0. The molecular weight excluding hydrogens is 408 g/mol.